The van der Waals surface area contributed by atoms with Crippen LogP contribution in [0.5, 0.6) is 0 Å². The van der Waals surface area contributed by atoms with Crippen molar-refractivity contribution in [2.24, 2.45) is 0 Å². The number of aromatic nitrogens is 2. The Morgan fingerprint density at radius 1 is 1.11 bits per heavy atom. The fourth-order valence-corrected chi connectivity index (χ4v) is 1.53. The van der Waals surface area contributed by atoms with Gasteiger partial charge >= 0.3 is 0 Å². The summed E-state index contributed by atoms with van der Waals surface area (Å²) in [4.78, 5) is 3.83. The first-order valence-electron chi connectivity index (χ1n) is 4.88. The van der Waals surface area contributed by atoms with Gasteiger partial charge in [-0.25, -0.2) is 4.98 Å². The van der Waals surface area contributed by atoms with Crippen molar-refractivity contribution in [1.82, 2.24) is 9.55 Å². The van der Waals surface area contributed by atoms with Gasteiger partial charge in [0.25, 0.3) is 0 Å². The molecular formula is C12H6N6. The molecule has 0 unspecified atom stereocenters. The Labute approximate surface area is 103 Å². The van der Waals surface area contributed by atoms with E-state index in [1.807, 2.05) is 18.2 Å². The zero-order valence-corrected chi connectivity index (χ0v) is 9.12. The van der Waals surface area contributed by atoms with Crippen LogP contribution < -0.4 is 5.73 Å². The molecule has 0 atom stereocenters. The number of benzene rings is 1. The molecule has 0 amide bonds. The number of imidazole rings is 1. The molecule has 2 aromatic rings. The van der Waals surface area contributed by atoms with Crippen molar-refractivity contribution >= 4 is 5.69 Å². The van der Waals surface area contributed by atoms with E-state index in [4.69, 9.17) is 21.5 Å². The Kier molecular flexibility index (Phi) is 2.67. The first-order chi connectivity index (χ1) is 8.71. The molecule has 0 radical (unpaired) electrons. The Morgan fingerprint density at radius 2 is 1.89 bits per heavy atom. The second kappa shape index (κ2) is 4.29. The van der Waals surface area contributed by atoms with Crippen LogP contribution >= 0.6 is 0 Å². The minimum atomic E-state index is 0.0560. The van der Waals surface area contributed by atoms with Gasteiger partial charge in [-0.2, -0.15) is 15.8 Å². The van der Waals surface area contributed by atoms with Gasteiger partial charge in [0.2, 0.25) is 0 Å². The standard InChI is InChI=1S/C12H6N6/c13-4-8-1-2-9(3-10(8)16)18-7-17-11(5-14)12(18)6-15/h1-3,7H,16H2. The molecule has 84 valence electrons. The second-order valence-corrected chi connectivity index (χ2v) is 3.42. The Morgan fingerprint density at radius 3 is 2.44 bits per heavy atom. The van der Waals surface area contributed by atoms with Gasteiger partial charge in [0.15, 0.2) is 11.4 Å². The highest BCUT2D eigenvalue weighted by atomic mass is 15.1. The molecule has 0 aliphatic carbocycles. The van der Waals surface area contributed by atoms with Crippen LogP contribution in [0.1, 0.15) is 17.0 Å². The lowest BCUT2D eigenvalue weighted by Crippen LogP contribution is -1.99. The molecule has 6 nitrogen and oxygen atoms in total. The Hall–Kier alpha value is -3.30. The molecule has 0 bridgehead atoms. The van der Waals surface area contributed by atoms with Crippen molar-refractivity contribution in [1.29, 1.82) is 15.8 Å². The molecule has 2 rings (SSSR count). The van der Waals surface area contributed by atoms with Crippen LogP contribution in [0.25, 0.3) is 5.69 Å². The van der Waals surface area contributed by atoms with Crippen LogP contribution in [-0.4, -0.2) is 9.55 Å². The lowest BCUT2D eigenvalue weighted by Gasteiger charge is -2.05. The molecule has 1 aromatic carbocycles. The lowest BCUT2D eigenvalue weighted by atomic mass is 10.2. The number of hydrogen-bond donors (Lipinski definition) is 1. The first kappa shape index (κ1) is 11.2. The third-order valence-electron chi connectivity index (χ3n) is 2.41. The quantitative estimate of drug-likeness (QED) is 0.741. The Bertz CT molecular complexity index is 735. The molecule has 18 heavy (non-hydrogen) atoms. The van der Waals surface area contributed by atoms with E-state index < -0.39 is 0 Å². The van der Waals surface area contributed by atoms with Crippen molar-refractivity contribution in [2.75, 3.05) is 5.73 Å². The highest BCUT2D eigenvalue weighted by Gasteiger charge is 2.12. The van der Waals surface area contributed by atoms with Gasteiger partial charge in [-0.1, -0.05) is 0 Å². The SMILES string of the molecule is N#Cc1ccc(-n2cnc(C#N)c2C#N)cc1N. The maximum absolute atomic E-state index is 9.01. The zero-order valence-electron chi connectivity index (χ0n) is 9.12. The third kappa shape index (κ3) is 1.63. The first-order valence-corrected chi connectivity index (χ1v) is 4.88. The molecule has 1 aromatic heterocycles. The second-order valence-electron chi connectivity index (χ2n) is 3.42. The number of nitrogens with two attached hydrogens (primary N) is 1. The monoisotopic (exact) mass is 234 g/mol. The predicted molar refractivity (Wildman–Crippen MR) is 62.1 cm³/mol. The number of rotatable bonds is 1. The molecule has 0 fully saturated rings. The average molecular weight is 234 g/mol. The molecule has 0 saturated heterocycles. The van der Waals surface area contributed by atoms with Crippen molar-refractivity contribution in [3.63, 3.8) is 0 Å². The predicted octanol–water partition coefficient (Wildman–Crippen LogP) is 1.07. The zero-order chi connectivity index (χ0) is 13.1. The summed E-state index contributed by atoms with van der Waals surface area (Å²) in [6.45, 7) is 0. The minimum Gasteiger partial charge on any atom is -0.398 e. The molecule has 1 heterocycles. The van der Waals surface area contributed by atoms with E-state index in [-0.39, 0.29) is 11.4 Å². The summed E-state index contributed by atoms with van der Waals surface area (Å²) >= 11 is 0. The van der Waals surface area contributed by atoms with Gasteiger partial charge in [0.05, 0.1) is 11.3 Å². The van der Waals surface area contributed by atoms with Gasteiger partial charge < -0.3 is 5.73 Å². The van der Waals surface area contributed by atoms with Gasteiger partial charge in [-0.05, 0) is 18.2 Å². The largest absolute Gasteiger partial charge is 0.398 e. The summed E-state index contributed by atoms with van der Waals surface area (Å²) in [7, 11) is 0. The topological polar surface area (TPSA) is 115 Å². The summed E-state index contributed by atoms with van der Waals surface area (Å²) in [6, 6.07) is 10.4. The number of nitriles is 3. The fraction of sp³-hybridized carbons (Fsp3) is 0. The smallest absolute Gasteiger partial charge is 0.177 e. The van der Waals surface area contributed by atoms with Gasteiger partial charge in [0.1, 0.15) is 24.5 Å². The molecular weight excluding hydrogens is 228 g/mol. The molecule has 0 aliphatic rings. The third-order valence-corrected chi connectivity index (χ3v) is 2.41. The molecule has 0 aliphatic heterocycles. The normalized spacial score (nSPS) is 9.17. The maximum atomic E-state index is 9.01. The summed E-state index contributed by atoms with van der Waals surface area (Å²) in [6.07, 6.45) is 1.37. The van der Waals surface area contributed by atoms with Gasteiger partial charge in [-0.3, -0.25) is 4.57 Å². The highest BCUT2D eigenvalue weighted by molar-refractivity contribution is 5.60. The van der Waals surface area contributed by atoms with Crippen LogP contribution in [-0.2, 0) is 0 Å². The van der Waals surface area contributed by atoms with E-state index in [1.54, 1.807) is 18.2 Å². The van der Waals surface area contributed by atoms with E-state index in [2.05, 4.69) is 4.98 Å². The van der Waals surface area contributed by atoms with Gasteiger partial charge in [0, 0.05) is 5.69 Å². The summed E-state index contributed by atoms with van der Waals surface area (Å²) in [5.74, 6) is 0. The van der Waals surface area contributed by atoms with Crippen LogP contribution in [0.3, 0.4) is 0 Å². The highest BCUT2D eigenvalue weighted by Crippen LogP contribution is 2.19. The van der Waals surface area contributed by atoms with Crippen LogP contribution in [0, 0.1) is 34.0 Å². The van der Waals surface area contributed by atoms with Gasteiger partial charge in [-0.15, -0.1) is 0 Å². The molecule has 2 N–H and O–H groups in total. The average Bonchev–Trinajstić information content (AvgIpc) is 2.81. The summed E-state index contributed by atoms with van der Waals surface area (Å²) in [5.41, 5.74) is 7.14. The summed E-state index contributed by atoms with van der Waals surface area (Å²) < 4.78 is 1.45. The molecule has 0 saturated carbocycles. The summed E-state index contributed by atoms with van der Waals surface area (Å²) in [5, 5.41) is 26.6. The van der Waals surface area contributed by atoms with E-state index in [0.29, 0.717) is 16.9 Å². The lowest BCUT2D eigenvalue weighted by molar-refractivity contribution is 1.03. The van der Waals surface area contributed by atoms with Crippen molar-refractivity contribution in [3.8, 4) is 23.9 Å². The van der Waals surface area contributed by atoms with Crippen molar-refractivity contribution < 1.29 is 0 Å². The van der Waals surface area contributed by atoms with E-state index >= 15 is 0 Å². The van der Waals surface area contributed by atoms with Crippen molar-refractivity contribution in [2.45, 2.75) is 0 Å². The molecule has 0 spiro atoms. The maximum Gasteiger partial charge on any atom is 0.177 e. The number of nitrogen functional groups attached to an aromatic ring is 1. The fourth-order valence-electron chi connectivity index (χ4n) is 1.53. The van der Waals surface area contributed by atoms with Crippen LogP contribution in [0.15, 0.2) is 24.5 Å². The minimum absolute atomic E-state index is 0.0560. The number of nitrogens with zero attached hydrogens (tertiary/aromatic N) is 5. The number of anilines is 1. The van der Waals surface area contributed by atoms with E-state index in [1.165, 1.54) is 10.9 Å². The number of hydrogen-bond acceptors (Lipinski definition) is 5. The van der Waals surface area contributed by atoms with Crippen LogP contribution in [0.4, 0.5) is 5.69 Å². The van der Waals surface area contributed by atoms with Crippen molar-refractivity contribution in [3.05, 3.63) is 41.5 Å². The molecule has 6 heteroatoms. The Balaban J connectivity index is 2.62. The van der Waals surface area contributed by atoms with Crippen LogP contribution in [0.2, 0.25) is 0 Å². The van der Waals surface area contributed by atoms with E-state index in [0.717, 1.165) is 0 Å². The van der Waals surface area contributed by atoms with E-state index in [9.17, 15) is 0 Å².